The zero-order chi connectivity index (χ0) is 29.9. The highest BCUT2D eigenvalue weighted by atomic mass is 35.5. The summed E-state index contributed by atoms with van der Waals surface area (Å²) in [5.41, 5.74) is 5.75. The van der Waals surface area contributed by atoms with Crippen LogP contribution < -0.4 is 20.1 Å². The molecule has 5 atom stereocenters. The number of aromatic nitrogens is 4. The Bertz CT molecular complexity index is 1420. The predicted molar refractivity (Wildman–Crippen MR) is 149 cm³/mol. The average molecular weight is 613 g/mol. The molecule has 224 valence electrons. The van der Waals surface area contributed by atoms with Crippen molar-refractivity contribution in [3.05, 3.63) is 35.6 Å². The number of imidazole rings is 1. The molecular formula is C25H34ClN6O8P. The van der Waals surface area contributed by atoms with E-state index in [0.717, 1.165) is 0 Å². The number of anilines is 1. The molecule has 0 radical (unpaired) electrons. The van der Waals surface area contributed by atoms with Crippen LogP contribution >= 0.6 is 19.3 Å². The second-order valence-corrected chi connectivity index (χ2v) is 12.0. The van der Waals surface area contributed by atoms with Gasteiger partial charge in [0.1, 0.15) is 24.1 Å². The number of aliphatic hydroxyl groups excluding tert-OH is 1. The van der Waals surface area contributed by atoms with Crippen LogP contribution in [0, 0.1) is 5.41 Å². The minimum Gasteiger partial charge on any atom is -0.476 e. The molecule has 3 aromatic rings. The molecule has 4 N–H and O–H groups in total. The van der Waals surface area contributed by atoms with Gasteiger partial charge in [-0.2, -0.15) is 15.1 Å². The third kappa shape index (κ3) is 6.74. The predicted octanol–water partition coefficient (Wildman–Crippen LogP) is 3.49. The van der Waals surface area contributed by atoms with Crippen LogP contribution in [0.1, 0.15) is 40.8 Å². The van der Waals surface area contributed by atoms with Crippen molar-refractivity contribution in [1.29, 1.82) is 0 Å². The fraction of sp³-hybridized carbons (Fsp3) is 0.520. The lowest BCUT2D eigenvalue weighted by molar-refractivity contribution is -0.144. The Morgan fingerprint density at radius 1 is 1.27 bits per heavy atom. The van der Waals surface area contributed by atoms with Crippen molar-refractivity contribution in [2.24, 2.45) is 5.41 Å². The molecule has 0 aliphatic carbocycles. The highest BCUT2D eigenvalue weighted by Crippen LogP contribution is 2.49. The molecule has 0 bridgehead atoms. The van der Waals surface area contributed by atoms with E-state index in [9.17, 15) is 14.5 Å². The number of benzene rings is 1. The van der Waals surface area contributed by atoms with E-state index in [1.54, 1.807) is 37.5 Å². The monoisotopic (exact) mass is 612 g/mol. The molecular weight excluding hydrogens is 579 g/mol. The number of carbonyl (C=O) groups excluding carboxylic acids is 1. The number of nitrogen functional groups attached to an aromatic ring is 1. The number of hydrogen-bond acceptors (Lipinski definition) is 12. The molecule has 16 heteroatoms. The Labute approximate surface area is 242 Å². The lowest BCUT2D eigenvalue weighted by Crippen LogP contribution is -2.38. The van der Waals surface area contributed by atoms with Gasteiger partial charge in [-0.05, 0) is 45.0 Å². The summed E-state index contributed by atoms with van der Waals surface area (Å²) in [5, 5.41) is 14.3. The number of carbonyl (C=O) groups is 1. The van der Waals surface area contributed by atoms with Gasteiger partial charge < -0.3 is 29.6 Å². The van der Waals surface area contributed by atoms with Crippen molar-refractivity contribution >= 4 is 42.4 Å². The van der Waals surface area contributed by atoms with Crippen LogP contribution in [0.2, 0.25) is 5.02 Å². The number of hydrogen-bond donors (Lipinski definition) is 3. The van der Waals surface area contributed by atoms with Crippen molar-refractivity contribution in [2.45, 2.75) is 59.1 Å². The summed E-state index contributed by atoms with van der Waals surface area (Å²) in [6.45, 7) is 8.66. The molecule has 41 heavy (non-hydrogen) atoms. The van der Waals surface area contributed by atoms with Crippen LogP contribution in [0.4, 0.5) is 5.95 Å². The number of nitrogens with two attached hydrogens (primary N) is 1. The smallest absolute Gasteiger partial charge is 0.459 e. The van der Waals surface area contributed by atoms with Crippen molar-refractivity contribution < 1.29 is 37.7 Å². The average Bonchev–Trinajstić information content (AvgIpc) is 3.42. The Kier molecular flexibility index (Phi) is 9.42. The number of halogens is 1. The minimum absolute atomic E-state index is 0.0129. The number of fused-ring (bicyclic) bond motifs is 1. The molecule has 1 fully saturated rings. The van der Waals surface area contributed by atoms with E-state index in [4.69, 9.17) is 40.6 Å². The number of rotatable bonds is 12. The summed E-state index contributed by atoms with van der Waals surface area (Å²) in [5.74, 6) is -0.248. The van der Waals surface area contributed by atoms with E-state index in [-0.39, 0.29) is 30.8 Å². The van der Waals surface area contributed by atoms with E-state index in [1.807, 2.05) is 6.92 Å². The summed E-state index contributed by atoms with van der Waals surface area (Å²) in [6, 6.07) is 5.08. The van der Waals surface area contributed by atoms with Crippen LogP contribution in [0.25, 0.3) is 11.2 Å². The number of aliphatic hydroxyl groups is 1. The third-order valence-corrected chi connectivity index (χ3v) is 8.33. The normalized spacial score (nSPS) is 22.3. The molecule has 1 saturated heterocycles. The van der Waals surface area contributed by atoms with Crippen molar-refractivity contribution in [3.63, 3.8) is 0 Å². The van der Waals surface area contributed by atoms with Gasteiger partial charge in [0.2, 0.25) is 11.8 Å². The molecule has 14 nitrogen and oxygen atoms in total. The molecule has 1 aliphatic rings. The maximum Gasteiger partial charge on any atom is 0.459 e. The SMILES string of the molecule is CCOC(=O)[C@H](C)NP(=O)(OC[C@H]1O[C@@H](n2cnc3c(OCC)nc(N)nc32)C(C)(C)[C@@H]1O)Oc1ccc(Cl)cc1. The van der Waals surface area contributed by atoms with Gasteiger partial charge in [-0.15, -0.1) is 0 Å². The van der Waals surface area contributed by atoms with Gasteiger partial charge in [0.05, 0.1) is 32.3 Å². The van der Waals surface area contributed by atoms with Gasteiger partial charge in [0.25, 0.3) is 0 Å². The van der Waals surface area contributed by atoms with Crippen LogP contribution in [-0.2, 0) is 23.4 Å². The Balaban J connectivity index is 1.57. The maximum absolute atomic E-state index is 13.8. The second kappa shape index (κ2) is 12.5. The molecule has 0 amide bonds. The number of ether oxygens (including phenoxy) is 3. The van der Waals surface area contributed by atoms with Crippen molar-refractivity contribution in [1.82, 2.24) is 24.6 Å². The molecule has 4 rings (SSSR count). The number of esters is 1. The summed E-state index contributed by atoms with van der Waals surface area (Å²) in [6.07, 6.45) is -1.31. The highest BCUT2D eigenvalue weighted by Gasteiger charge is 2.52. The first-order valence-corrected chi connectivity index (χ1v) is 14.9. The first-order chi connectivity index (χ1) is 19.4. The summed E-state index contributed by atoms with van der Waals surface area (Å²) >= 11 is 5.95. The van der Waals surface area contributed by atoms with Gasteiger partial charge in [0, 0.05) is 10.4 Å². The van der Waals surface area contributed by atoms with Crippen LogP contribution in [0.15, 0.2) is 30.6 Å². The number of nitrogens with one attached hydrogen (secondary N) is 1. The number of nitrogens with zero attached hydrogens (tertiary/aromatic N) is 4. The lowest BCUT2D eigenvalue weighted by Gasteiger charge is -2.29. The molecule has 1 unspecified atom stereocenters. The van der Waals surface area contributed by atoms with Crippen LogP contribution in [0.3, 0.4) is 0 Å². The van der Waals surface area contributed by atoms with E-state index in [2.05, 4.69) is 20.0 Å². The zero-order valence-corrected chi connectivity index (χ0v) is 25.0. The largest absolute Gasteiger partial charge is 0.476 e. The second-order valence-electron chi connectivity index (χ2n) is 9.88. The fourth-order valence-corrected chi connectivity index (χ4v) is 5.99. The molecule has 3 heterocycles. The molecule has 0 saturated carbocycles. The van der Waals surface area contributed by atoms with Gasteiger partial charge in [-0.1, -0.05) is 25.4 Å². The topological polar surface area (TPSA) is 182 Å². The molecule has 0 spiro atoms. The third-order valence-electron chi connectivity index (χ3n) is 6.43. The standard InChI is InChI=1S/C25H34ClN6O8P/c1-6-36-21-18-20(29-24(27)30-21)32(13-28-18)23-25(4,5)19(33)17(39-23)12-38-41(35,31-14(3)22(34)37-7-2)40-16-10-8-15(26)9-11-16/h8-11,13-14,17,19,23,33H,6-7,12H2,1-5H3,(H,31,35)(H2,27,29,30)/t14-,17+,19+,23+,41?/m0/s1. The van der Waals surface area contributed by atoms with Crippen molar-refractivity contribution in [3.8, 4) is 11.6 Å². The van der Waals surface area contributed by atoms with Crippen LogP contribution in [-0.4, -0.2) is 68.7 Å². The lowest BCUT2D eigenvalue weighted by atomic mass is 9.84. The van der Waals surface area contributed by atoms with Crippen molar-refractivity contribution in [2.75, 3.05) is 25.6 Å². The first kappa shape index (κ1) is 30.9. The van der Waals surface area contributed by atoms with E-state index < -0.39 is 43.6 Å². The summed E-state index contributed by atoms with van der Waals surface area (Å²) in [7, 11) is -4.21. The quantitative estimate of drug-likeness (QED) is 0.200. The molecule has 1 aliphatic heterocycles. The van der Waals surface area contributed by atoms with Gasteiger partial charge in [-0.3, -0.25) is 13.9 Å². The van der Waals surface area contributed by atoms with Crippen LogP contribution in [0.5, 0.6) is 11.6 Å². The highest BCUT2D eigenvalue weighted by molar-refractivity contribution is 7.52. The van der Waals surface area contributed by atoms with Gasteiger partial charge >= 0.3 is 13.7 Å². The van der Waals surface area contributed by atoms with E-state index in [0.29, 0.717) is 22.8 Å². The molecule has 1 aromatic carbocycles. The first-order valence-electron chi connectivity index (χ1n) is 13.0. The summed E-state index contributed by atoms with van der Waals surface area (Å²) < 4.78 is 43.7. The Morgan fingerprint density at radius 2 is 1.98 bits per heavy atom. The molecule has 2 aromatic heterocycles. The summed E-state index contributed by atoms with van der Waals surface area (Å²) in [4.78, 5) is 25.0. The maximum atomic E-state index is 13.8. The zero-order valence-electron chi connectivity index (χ0n) is 23.3. The Hall–Kier alpha value is -3.00. The van der Waals surface area contributed by atoms with E-state index in [1.165, 1.54) is 25.4 Å². The fourth-order valence-electron chi connectivity index (χ4n) is 4.36. The van der Waals surface area contributed by atoms with E-state index >= 15 is 0 Å². The van der Waals surface area contributed by atoms with Gasteiger partial charge in [0.15, 0.2) is 11.2 Å². The Morgan fingerprint density at radius 3 is 2.63 bits per heavy atom. The van der Waals surface area contributed by atoms with Gasteiger partial charge in [-0.25, -0.2) is 9.55 Å². The minimum atomic E-state index is -4.21.